The first-order valence-corrected chi connectivity index (χ1v) is 3.45. The lowest BCUT2D eigenvalue weighted by Gasteiger charge is -2.13. The zero-order valence-electron chi connectivity index (χ0n) is 6.13. The molecule has 0 aromatic rings. The molecule has 1 rings (SSSR count). The fourth-order valence-electron chi connectivity index (χ4n) is 1.20. The van der Waals surface area contributed by atoms with E-state index in [0.29, 0.717) is 6.04 Å². The van der Waals surface area contributed by atoms with Gasteiger partial charge >= 0.3 is 0 Å². The Bertz CT molecular complexity index is 140. The molecule has 1 aliphatic rings. The van der Waals surface area contributed by atoms with Crippen LogP contribution in [0.5, 0.6) is 0 Å². The third-order valence-corrected chi connectivity index (χ3v) is 1.91. The first-order chi connectivity index (χ1) is 4.74. The average Bonchev–Trinajstić information content (AvgIpc) is 2.34. The van der Waals surface area contributed by atoms with Gasteiger partial charge in [-0.1, -0.05) is 0 Å². The molecule has 1 fully saturated rings. The zero-order valence-corrected chi connectivity index (χ0v) is 6.13. The minimum absolute atomic E-state index is 0.308. The maximum absolute atomic E-state index is 10.6. The number of rotatable bonds is 1. The number of carbonyl (C=O) groups is 1. The van der Waals surface area contributed by atoms with E-state index >= 15 is 0 Å². The largest absolute Gasteiger partial charge is 0.351 e. The summed E-state index contributed by atoms with van der Waals surface area (Å²) in [4.78, 5) is 12.2. The van der Waals surface area contributed by atoms with Crippen molar-refractivity contribution in [3.63, 3.8) is 0 Å². The maximum Gasteiger partial charge on any atom is 0.200 e. The molecule has 4 heteroatoms. The van der Waals surface area contributed by atoms with Gasteiger partial charge in [0.25, 0.3) is 0 Å². The van der Waals surface area contributed by atoms with Crippen LogP contribution in [0.1, 0.15) is 6.42 Å². The molecule has 1 atom stereocenters. The van der Waals surface area contributed by atoms with Crippen LogP contribution in [0.25, 0.3) is 0 Å². The molecule has 1 heterocycles. The van der Waals surface area contributed by atoms with Gasteiger partial charge in [0.15, 0.2) is 5.81 Å². The Labute approximate surface area is 62.2 Å². The molecule has 0 aromatic heterocycles. The van der Waals surface area contributed by atoms with E-state index in [1.165, 1.54) is 0 Å². The third kappa shape index (κ3) is 1.50. The van der Waals surface area contributed by atoms with Crippen LogP contribution in [-0.4, -0.2) is 44.7 Å². The summed E-state index contributed by atoms with van der Waals surface area (Å²) >= 11 is 0. The van der Waals surface area contributed by atoms with Gasteiger partial charge in [-0.05, 0) is 13.5 Å². The molecule has 0 bridgehead atoms. The van der Waals surface area contributed by atoms with Crippen molar-refractivity contribution in [2.75, 3.05) is 20.1 Å². The van der Waals surface area contributed by atoms with Crippen LogP contribution in [0.15, 0.2) is 0 Å². The summed E-state index contributed by atoms with van der Waals surface area (Å²) in [6, 6.07) is 0.437. The second kappa shape index (κ2) is 3.06. The fraction of sp³-hybridized carbons (Fsp3) is 0.833. The third-order valence-electron chi connectivity index (χ3n) is 1.91. The number of hydrogen-bond donors (Lipinski definition) is 1. The van der Waals surface area contributed by atoms with Crippen molar-refractivity contribution >= 4 is 13.7 Å². The van der Waals surface area contributed by atoms with Crippen molar-refractivity contribution in [1.29, 1.82) is 0 Å². The molecule has 1 saturated heterocycles. The number of carbonyl (C=O) groups excluding carboxylic acids is 1. The van der Waals surface area contributed by atoms with Crippen molar-refractivity contribution in [2.24, 2.45) is 0 Å². The fourth-order valence-corrected chi connectivity index (χ4v) is 1.20. The van der Waals surface area contributed by atoms with Gasteiger partial charge in [-0.15, -0.1) is 0 Å². The molecule has 1 amide bonds. The van der Waals surface area contributed by atoms with E-state index in [0.717, 1.165) is 19.5 Å². The van der Waals surface area contributed by atoms with E-state index < -0.39 is 0 Å². The van der Waals surface area contributed by atoms with Crippen LogP contribution < -0.4 is 5.32 Å². The number of nitrogens with zero attached hydrogens (tertiary/aromatic N) is 1. The minimum atomic E-state index is -0.308. The molecule has 54 valence electrons. The van der Waals surface area contributed by atoms with Gasteiger partial charge in [0.2, 0.25) is 7.85 Å². The van der Waals surface area contributed by atoms with E-state index in [1.807, 2.05) is 7.05 Å². The number of hydrogen-bond acceptors (Lipinski definition) is 2. The van der Waals surface area contributed by atoms with Crippen LogP contribution in [0, 0.1) is 0 Å². The molecule has 0 saturated carbocycles. The molecule has 10 heavy (non-hydrogen) atoms. The van der Waals surface area contributed by atoms with E-state index in [9.17, 15) is 4.79 Å². The van der Waals surface area contributed by atoms with Crippen LogP contribution in [-0.2, 0) is 0 Å². The summed E-state index contributed by atoms with van der Waals surface area (Å²) in [5.74, 6) is -0.308. The highest BCUT2D eigenvalue weighted by Crippen LogP contribution is 2.07. The molecule has 0 spiro atoms. The minimum Gasteiger partial charge on any atom is -0.351 e. The molecule has 1 aliphatic heterocycles. The highest BCUT2D eigenvalue weighted by atomic mass is 16.1. The first kappa shape index (κ1) is 7.60. The molecule has 3 nitrogen and oxygen atoms in total. The second-order valence-corrected chi connectivity index (χ2v) is 2.56. The molecule has 2 radical (unpaired) electrons. The standard InChI is InChI=1S/C6H11BN2O/c1-8-5-2-3-9(4-5)6(7)10/h5,8H,2-4H2,1H3. The Hall–Kier alpha value is -0.505. The normalized spacial score (nSPS) is 25.3. The summed E-state index contributed by atoms with van der Waals surface area (Å²) < 4.78 is 0. The van der Waals surface area contributed by atoms with E-state index in [-0.39, 0.29) is 5.81 Å². The Balaban J connectivity index is 2.35. The first-order valence-electron chi connectivity index (χ1n) is 3.45. The lowest BCUT2D eigenvalue weighted by molar-refractivity contribution is 0.231. The number of nitrogens with one attached hydrogen (secondary N) is 1. The lowest BCUT2D eigenvalue weighted by atomic mass is 10.1. The average molecular weight is 138 g/mol. The lowest BCUT2D eigenvalue weighted by Crippen LogP contribution is -2.32. The zero-order chi connectivity index (χ0) is 7.56. The van der Waals surface area contributed by atoms with E-state index in [1.54, 1.807) is 4.90 Å². The molecule has 0 aliphatic carbocycles. The Morgan fingerprint density at radius 3 is 2.80 bits per heavy atom. The summed E-state index contributed by atoms with van der Waals surface area (Å²) in [5, 5.41) is 3.10. The highest BCUT2D eigenvalue weighted by Gasteiger charge is 2.21. The molecular weight excluding hydrogens is 127 g/mol. The summed E-state index contributed by atoms with van der Waals surface area (Å²) in [6.45, 7) is 1.55. The van der Waals surface area contributed by atoms with Crippen LogP contribution in [0.4, 0.5) is 4.79 Å². The molecule has 0 aromatic carbocycles. The number of likely N-dealkylation sites (N-methyl/N-ethyl adjacent to an activating group) is 1. The van der Waals surface area contributed by atoms with Crippen molar-refractivity contribution in [3.05, 3.63) is 0 Å². The summed E-state index contributed by atoms with van der Waals surface area (Å²) in [5.41, 5.74) is 0. The van der Waals surface area contributed by atoms with Crippen molar-refractivity contribution in [3.8, 4) is 0 Å². The maximum atomic E-state index is 10.6. The van der Waals surface area contributed by atoms with Gasteiger partial charge < -0.3 is 10.2 Å². The van der Waals surface area contributed by atoms with E-state index in [2.05, 4.69) is 5.32 Å². The van der Waals surface area contributed by atoms with E-state index in [4.69, 9.17) is 7.85 Å². The molecular formula is C6H11BN2O. The van der Waals surface area contributed by atoms with Gasteiger partial charge in [0.1, 0.15) is 0 Å². The molecule has 1 unspecified atom stereocenters. The Morgan fingerprint density at radius 2 is 2.50 bits per heavy atom. The topological polar surface area (TPSA) is 32.3 Å². The SMILES string of the molecule is [B]C(=O)N1CCC(NC)C1. The van der Waals surface area contributed by atoms with Gasteiger partial charge in [-0.2, -0.15) is 0 Å². The van der Waals surface area contributed by atoms with Gasteiger partial charge in [0.05, 0.1) is 0 Å². The van der Waals surface area contributed by atoms with Crippen molar-refractivity contribution in [2.45, 2.75) is 12.5 Å². The van der Waals surface area contributed by atoms with Gasteiger partial charge in [0, 0.05) is 19.1 Å². The second-order valence-electron chi connectivity index (χ2n) is 2.56. The van der Waals surface area contributed by atoms with Crippen LogP contribution in [0.2, 0.25) is 0 Å². The van der Waals surface area contributed by atoms with Crippen LogP contribution in [0.3, 0.4) is 0 Å². The predicted octanol–water partition coefficient (Wildman–Crippen LogP) is -0.431. The highest BCUT2D eigenvalue weighted by molar-refractivity contribution is 6.56. The number of amides is 1. The van der Waals surface area contributed by atoms with Crippen LogP contribution >= 0.6 is 0 Å². The van der Waals surface area contributed by atoms with Gasteiger partial charge in [-0.3, -0.25) is 4.79 Å². The van der Waals surface area contributed by atoms with Gasteiger partial charge in [-0.25, -0.2) is 0 Å². The van der Waals surface area contributed by atoms with Crippen molar-refractivity contribution in [1.82, 2.24) is 10.2 Å². The number of likely N-dealkylation sites (tertiary alicyclic amines) is 1. The smallest absolute Gasteiger partial charge is 0.200 e. The monoisotopic (exact) mass is 138 g/mol. The summed E-state index contributed by atoms with van der Waals surface area (Å²) in [6.07, 6.45) is 1.01. The summed E-state index contributed by atoms with van der Waals surface area (Å²) in [7, 11) is 6.97. The Kier molecular flexibility index (Phi) is 2.32. The Morgan fingerprint density at radius 1 is 1.80 bits per heavy atom. The molecule has 1 N–H and O–H groups in total. The predicted molar refractivity (Wildman–Crippen MR) is 40.2 cm³/mol. The van der Waals surface area contributed by atoms with Crippen molar-refractivity contribution < 1.29 is 4.79 Å². The quantitative estimate of drug-likeness (QED) is 0.498.